The Hall–Kier alpha value is -2.37. The van der Waals surface area contributed by atoms with Crippen LogP contribution in [0.3, 0.4) is 0 Å². The summed E-state index contributed by atoms with van der Waals surface area (Å²) in [5, 5.41) is 2.50. The summed E-state index contributed by atoms with van der Waals surface area (Å²) in [5.74, 6) is -1.45. The summed E-state index contributed by atoms with van der Waals surface area (Å²) in [5.41, 5.74) is 1.02. The van der Waals surface area contributed by atoms with Crippen molar-refractivity contribution < 1.29 is 13.6 Å². The van der Waals surface area contributed by atoms with Crippen LogP contribution in [0.15, 0.2) is 36.5 Å². The number of hydrogen-bond donors (Lipinski definition) is 1. The van der Waals surface area contributed by atoms with Crippen LogP contribution in [0.1, 0.15) is 18.7 Å². The van der Waals surface area contributed by atoms with Crippen LogP contribution in [0.5, 0.6) is 0 Å². The standard InChI is InChI=1S/C15H15F2N3O/c1-10-14-3-2-6-19(14)7-8-20(10)15(21)18-13-5-4-11(16)9-12(13)17/h2-6,9-10H,7-8H2,1H3,(H,18,21)/t10-/m1/s1. The van der Waals surface area contributed by atoms with Crippen molar-refractivity contribution in [2.75, 3.05) is 11.9 Å². The molecule has 0 saturated heterocycles. The second-order valence-electron chi connectivity index (χ2n) is 5.05. The van der Waals surface area contributed by atoms with Crippen LogP contribution in [0.2, 0.25) is 0 Å². The van der Waals surface area contributed by atoms with Gasteiger partial charge >= 0.3 is 6.03 Å². The van der Waals surface area contributed by atoms with Gasteiger partial charge in [-0.25, -0.2) is 13.6 Å². The maximum absolute atomic E-state index is 13.6. The van der Waals surface area contributed by atoms with E-state index in [-0.39, 0.29) is 17.8 Å². The van der Waals surface area contributed by atoms with Gasteiger partial charge in [-0.05, 0) is 31.2 Å². The monoisotopic (exact) mass is 291 g/mol. The molecule has 1 aliphatic heterocycles. The third kappa shape index (κ3) is 2.49. The number of amides is 2. The minimum absolute atomic E-state index is 0.0189. The molecule has 0 unspecified atom stereocenters. The molecule has 6 heteroatoms. The summed E-state index contributed by atoms with van der Waals surface area (Å²) >= 11 is 0. The molecule has 1 aromatic carbocycles. The molecule has 0 spiro atoms. The first kappa shape index (κ1) is 13.6. The highest BCUT2D eigenvalue weighted by Crippen LogP contribution is 2.26. The van der Waals surface area contributed by atoms with Crippen molar-refractivity contribution in [1.29, 1.82) is 0 Å². The second-order valence-corrected chi connectivity index (χ2v) is 5.05. The number of rotatable bonds is 1. The van der Waals surface area contributed by atoms with Gasteiger partial charge in [0.25, 0.3) is 0 Å². The van der Waals surface area contributed by atoms with Crippen LogP contribution in [0.25, 0.3) is 0 Å². The smallest absolute Gasteiger partial charge is 0.322 e. The summed E-state index contributed by atoms with van der Waals surface area (Å²) in [7, 11) is 0. The lowest BCUT2D eigenvalue weighted by Gasteiger charge is -2.34. The van der Waals surface area contributed by atoms with E-state index in [4.69, 9.17) is 0 Å². The van der Waals surface area contributed by atoms with Gasteiger partial charge in [-0.1, -0.05) is 0 Å². The molecule has 1 N–H and O–H groups in total. The Bertz CT molecular complexity index is 683. The number of urea groups is 1. The predicted molar refractivity (Wildman–Crippen MR) is 74.9 cm³/mol. The average Bonchev–Trinajstić information content (AvgIpc) is 2.91. The molecule has 0 aliphatic carbocycles. The van der Waals surface area contributed by atoms with Crippen molar-refractivity contribution >= 4 is 11.7 Å². The van der Waals surface area contributed by atoms with E-state index in [1.54, 1.807) is 4.90 Å². The number of aromatic nitrogens is 1. The summed E-state index contributed by atoms with van der Waals surface area (Å²) < 4.78 is 28.5. The van der Waals surface area contributed by atoms with Crippen molar-refractivity contribution in [2.45, 2.75) is 19.5 Å². The number of benzene rings is 1. The minimum atomic E-state index is -0.781. The molecule has 2 heterocycles. The van der Waals surface area contributed by atoms with Crippen LogP contribution >= 0.6 is 0 Å². The number of nitrogens with zero attached hydrogens (tertiary/aromatic N) is 2. The summed E-state index contributed by atoms with van der Waals surface area (Å²) in [6.07, 6.45) is 1.97. The molecule has 21 heavy (non-hydrogen) atoms. The van der Waals surface area contributed by atoms with Crippen molar-refractivity contribution in [3.63, 3.8) is 0 Å². The molecular weight excluding hydrogens is 276 g/mol. The summed E-state index contributed by atoms with van der Waals surface area (Å²) in [4.78, 5) is 13.9. The largest absolute Gasteiger partial charge is 0.348 e. The number of halogens is 2. The predicted octanol–water partition coefficient (Wildman–Crippen LogP) is 3.38. The Morgan fingerprint density at radius 3 is 2.86 bits per heavy atom. The SMILES string of the molecule is C[C@@H]1c2cccn2CCN1C(=O)Nc1ccc(F)cc1F. The third-order valence-corrected chi connectivity index (χ3v) is 3.78. The van der Waals surface area contributed by atoms with Crippen LogP contribution in [0, 0.1) is 11.6 Å². The van der Waals surface area contributed by atoms with Crippen LogP contribution in [0.4, 0.5) is 19.3 Å². The van der Waals surface area contributed by atoms with Gasteiger partial charge in [-0.2, -0.15) is 0 Å². The quantitative estimate of drug-likeness (QED) is 0.859. The molecule has 2 aromatic rings. The average molecular weight is 291 g/mol. The Balaban J connectivity index is 1.77. The van der Waals surface area contributed by atoms with E-state index in [1.807, 2.05) is 25.3 Å². The Morgan fingerprint density at radius 2 is 2.10 bits per heavy atom. The van der Waals surface area contributed by atoms with Gasteiger partial charge in [-0.15, -0.1) is 0 Å². The van der Waals surface area contributed by atoms with E-state index in [0.717, 1.165) is 17.8 Å². The van der Waals surface area contributed by atoms with Crippen LogP contribution in [-0.4, -0.2) is 22.0 Å². The van der Waals surface area contributed by atoms with Gasteiger partial charge < -0.3 is 14.8 Å². The third-order valence-electron chi connectivity index (χ3n) is 3.78. The molecule has 0 fully saturated rings. The highest BCUT2D eigenvalue weighted by molar-refractivity contribution is 5.89. The van der Waals surface area contributed by atoms with Gasteiger partial charge in [0.2, 0.25) is 0 Å². The number of fused-ring (bicyclic) bond motifs is 1. The molecule has 0 bridgehead atoms. The fourth-order valence-electron chi connectivity index (χ4n) is 2.63. The Kier molecular flexibility index (Phi) is 3.37. The number of hydrogen-bond acceptors (Lipinski definition) is 1. The Morgan fingerprint density at radius 1 is 1.29 bits per heavy atom. The van der Waals surface area contributed by atoms with Crippen molar-refractivity contribution in [1.82, 2.24) is 9.47 Å². The second kappa shape index (κ2) is 5.20. The molecule has 1 aliphatic rings. The topological polar surface area (TPSA) is 37.3 Å². The zero-order chi connectivity index (χ0) is 15.0. The van der Waals surface area contributed by atoms with Gasteiger partial charge in [-0.3, -0.25) is 0 Å². The normalized spacial score (nSPS) is 17.5. The lowest BCUT2D eigenvalue weighted by atomic mass is 10.1. The van der Waals surface area contributed by atoms with Crippen molar-refractivity contribution in [3.05, 3.63) is 53.9 Å². The molecular formula is C15H15F2N3O. The van der Waals surface area contributed by atoms with E-state index in [2.05, 4.69) is 9.88 Å². The van der Waals surface area contributed by atoms with E-state index in [1.165, 1.54) is 6.07 Å². The number of nitrogens with one attached hydrogen (secondary N) is 1. The van der Waals surface area contributed by atoms with Gasteiger partial charge in [0.1, 0.15) is 11.6 Å². The molecule has 110 valence electrons. The van der Waals surface area contributed by atoms with Crippen LogP contribution in [-0.2, 0) is 6.54 Å². The first-order chi connectivity index (χ1) is 10.1. The zero-order valence-corrected chi connectivity index (χ0v) is 11.5. The van der Waals surface area contributed by atoms with Crippen molar-refractivity contribution in [2.24, 2.45) is 0 Å². The molecule has 0 saturated carbocycles. The molecule has 1 aromatic heterocycles. The minimum Gasteiger partial charge on any atom is -0.348 e. The highest BCUT2D eigenvalue weighted by atomic mass is 19.1. The maximum Gasteiger partial charge on any atom is 0.322 e. The number of carbonyl (C=O) groups excluding carboxylic acids is 1. The fraction of sp³-hybridized carbons (Fsp3) is 0.267. The van der Waals surface area contributed by atoms with Gasteiger partial charge in [0.15, 0.2) is 0 Å². The molecule has 1 atom stereocenters. The fourth-order valence-corrected chi connectivity index (χ4v) is 2.63. The van der Waals surface area contributed by atoms with Gasteiger partial charge in [0, 0.05) is 31.0 Å². The number of anilines is 1. The van der Waals surface area contributed by atoms with Crippen LogP contribution < -0.4 is 5.32 Å². The lowest BCUT2D eigenvalue weighted by Crippen LogP contribution is -2.43. The molecule has 3 rings (SSSR count). The van der Waals surface area contributed by atoms with Crippen molar-refractivity contribution in [3.8, 4) is 0 Å². The maximum atomic E-state index is 13.6. The van der Waals surface area contributed by atoms with E-state index in [9.17, 15) is 13.6 Å². The highest BCUT2D eigenvalue weighted by Gasteiger charge is 2.27. The summed E-state index contributed by atoms with van der Waals surface area (Å²) in [6, 6.07) is 6.50. The lowest BCUT2D eigenvalue weighted by molar-refractivity contribution is 0.175. The Labute approximate surface area is 121 Å². The molecule has 0 radical (unpaired) electrons. The van der Waals surface area contributed by atoms with Gasteiger partial charge in [0.05, 0.1) is 11.7 Å². The van der Waals surface area contributed by atoms with E-state index < -0.39 is 11.6 Å². The van der Waals surface area contributed by atoms with E-state index in [0.29, 0.717) is 13.1 Å². The molecule has 4 nitrogen and oxygen atoms in total. The zero-order valence-electron chi connectivity index (χ0n) is 11.5. The first-order valence-corrected chi connectivity index (χ1v) is 6.74. The van der Waals surface area contributed by atoms with E-state index >= 15 is 0 Å². The number of carbonyl (C=O) groups is 1. The molecule has 2 amide bonds. The summed E-state index contributed by atoms with van der Waals surface area (Å²) in [6.45, 7) is 3.16. The first-order valence-electron chi connectivity index (χ1n) is 6.74.